The van der Waals surface area contributed by atoms with Crippen LogP contribution in [0.15, 0.2) is 24.3 Å². The minimum atomic E-state index is -0.747. The molecule has 2 heterocycles. The molecule has 0 aromatic heterocycles. The van der Waals surface area contributed by atoms with Gasteiger partial charge in [0, 0.05) is 0 Å². The fraction of sp³-hybridized carbons (Fsp3) is 0.357. The lowest BCUT2D eigenvalue weighted by molar-refractivity contribution is -0.172. The summed E-state index contributed by atoms with van der Waals surface area (Å²) in [5.41, 5.74) is 0.430. The minimum Gasteiger partial charge on any atom is -0.393 e. The Balaban J connectivity index is 1.73. The number of carbonyl (C=O) groups is 3. The molecule has 1 fully saturated rings. The number of nitrogens with zero attached hydrogens (tertiary/aromatic N) is 1. The molecule has 110 valence electrons. The van der Waals surface area contributed by atoms with E-state index in [1.807, 2.05) is 0 Å². The molecule has 2 unspecified atom stereocenters. The number of piperidine rings is 1. The van der Waals surface area contributed by atoms with Gasteiger partial charge in [-0.3, -0.25) is 9.59 Å². The van der Waals surface area contributed by atoms with Gasteiger partial charge in [-0.25, -0.2) is 4.79 Å². The van der Waals surface area contributed by atoms with Crippen molar-refractivity contribution in [3.8, 4) is 0 Å². The number of fused-ring (bicyclic) bond motifs is 1. The Morgan fingerprint density at radius 3 is 2.43 bits per heavy atom. The summed E-state index contributed by atoms with van der Waals surface area (Å²) >= 11 is 0. The van der Waals surface area contributed by atoms with Gasteiger partial charge < -0.3 is 15.3 Å². The number of aliphatic hydroxyl groups excluding tert-OH is 1. The van der Waals surface area contributed by atoms with E-state index in [4.69, 9.17) is 4.84 Å². The average molecular weight is 290 g/mol. The van der Waals surface area contributed by atoms with Gasteiger partial charge in [0.2, 0.25) is 0 Å². The van der Waals surface area contributed by atoms with Gasteiger partial charge in [-0.1, -0.05) is 17.2 Å². The van der Waals surface area contributed by atoms with E-state index in [9.17, 15) is 19.5 Å². The summed E-state index contributed by atoms with van der Waals surface area (Å²) in [5.74, 6) is -2.05. The third-order valence-electron chi connectivity index (χ3n) is 3.60. The molecule has 1 aromatic rings. The number of hydrogen-bond donors (Lipinski definition) is 2. The molecule has 0 spiro atoms. The van der Waals surface area contributed by atoms with Gasteiger partial charge in [0.1, 0.15) is 6.04 Å². The van der Waals surface area contributed by atoms with Crippen molar-refractivity contribution in [1.29, 1.82) is 0 Å². The molecule has 3 rings (SSSR count). The molecule has 7 nitrogen and oxygen atoms in total. The van der Waals surface area contributed by atoms with Crippen LogP contribution in [-0.2, 0) is 9.63 Å². The van der Waals surface area contributed by atoms with Gasteiger partial charge in [-0.15, -0.1) is 0 Å². The molecular formula is C14H14N2O5. The van der Waals surface area contributed by atoms with Crippen molar-refractivity contribution >= 4 is 17.8 Å². The Morgan fingerprint density at radius 2 is 1.86 bits per heavy atom. The standard InChI is InChI=1S/C14H14N2O5/c17-8-5-6-15-11(7-8)14(20)21-16-12(18)9-3-1-2-4-10(9)13(16)19/h1-4,8,11,15,17H,5-7H2. The maximum absolute atomic E-state index is 12.0. The van der Waals surface area contributed by atoms with E-state index in [1.54, 1.807) is 12.1 Å². The highest BCUT2D eigenvalue weighted by Gasteiger charge is 2.40. The fourth-order valence-electron chi connectivity index (χ4n) is 2.48. The maximum atomic E-state index is 12.0. The van der Waals surface area contributed by atoms with Gasteiger partial charge >= 0.3 is 5.97 Å². The number of aliphatic hydroxyl groups is 1. The Hall–Kier alpha value is -2.25. The van der Waals surface area contributed by atoms with Crippen molar-refractivity contribution in [3.05, 3.63) is 35.4 Å². The number of imide groups is 1. The predicted molar refractivity (Wildman–Crippen MR) is 70.1 cm³/mol. The van der Waals surface area contributed by atoms with E-state index >= 15 is 0 Å². The fourth-order valence-corrected chi connectivity index (χ4v) is 2.48. The number of benzene rings is 1. The van der Waals surface area contributed by atoms with Crippen molar-refractivity contribution in [2.24, 2.45) is 0 Å². The molecule has 2 N–H and O–H groups in total. The number of hydrogen-bond acceptors (Lipinski definition) is 6. The third-order valence-corrected chi connectivity index (χ3v) is 3.60. The quantitative estimate of drug-likeness (QED) is 0.736. The molecule has 0 bridgehead atoms. The first-order valence-electron chi connectivity index (χ1n) is 6.69. The number of nitrogens with one attached hydrogen (secondary N) is 1. The summed E-state index contributed by atoms with van der Waals surface area (Å²) in [7, 11) is 0. The molecule has 21 heavy (non-hydrogen) atoms. The Morgan fingerprint density at radius 1 is 1.24 bits per heavy atom. The third kappa shape index (κ3) is 2.41. The topological polar surface area (TPSA) is 95.9 Å². The van der Waals surface area contributed by atoms with Gasteiger partial charge in [-0.05, 0) is 31.5 Å². The number of amides is 2. The number of hydroxylamine groups is 2. The summed E-state index contributed by atoms with van der Waals surface area (Å²) in [6.07, 6.45) is 0.157. The van der Waals surface area contributed by atoms with Crippen LogP contribution in [0.25, 0.3) is 0 Å². The number of carbonyl (C=O) groups excluding carboxylic acids is 3. The van der Waals surface area contributed by atoms with Gasteiger partial charge in [0.15, 0.2) is 0 Å². The van der Waals surface area contributed by atoms with Crippen LogP contribution in [0.3, 0.4) is 0 Å². The molecular weight excluding hydrogens is 276 g/mol. The molecule has 1 aromatic carbocycles. The van der Waals surface area contributed by atoms with Crippen molar-refractivity contribution in [2.75, 3.05) is 6.54 Å². The molecule has 7 heteroatoms. The maximum Gasteiger partial charge on any atom is 0.350 e. The number of rotatable bonds is 2. The van der Waals surface area contributed by atoms with Crippen molar-refractivity contribution in [3.63, 3.8) is 0 Å². The van der Waals surface area contributed by atoms with E-state index in [1.165, 1.54) is 12.1 Å². The van der Waals surface area contributed by atoms with Crippen LogP contribution < -0.4 is 5.32 Å². The Bertz CT molecular complexity index is 580. The normalized spacial score (nSPS) is 24.9. The largest absolute Gasteiger partial charge is 0.393 e. The van der Waals surface area contributed by atoms with Crippen LogP contribution in [0.2, 0.25) is 0 Å². The first-order valence-corrected chi connectivity index (χ1v) is 6.69. The summed E-state index contributed by atoms with van der Waals surface area (Å²) in [6, 6.07) is 5.55. The second-order valence-electron chi connectivity index (χ2n) is 5.05. The van der Waals surface area contributed by atoms with Gasteiger partial charge in [-0.2, -0.15) is 0 Å². The van der Waals surface area contributed by atoms with Crippen LogP contribution >= 0.6 is 0 Å². The zero-order valence-electron chi connectivity index (χ0n) is 11.1. The average Bonchev–Trinajstić information content (AvgIpc) is 2.73. The monoisotopic (exact) mass is 290 g/mol. The SMILES string of the molecule is O=C(ON1C(=O)c2ccccc2C1=O)C1CC(O)CCN1. The molecule has 0 saturated carbocycles. The minimum absolute atomic E-state index is 0.196. The Labute approximate surface area is 120 Å². The Kier molecular flexibility index (Phi) is 3.44. The highest BCUT2D eigenvalue weighted by atomic mass is 16.7. The van der Waals surface area contributed by atoms with Crippen LogP contribution in [0.4, 0.5) is 0 Å². The van der Waals surface area contributed by atoms with E-state index in [0.717, 1.165) is 0 Å². The molecule has 0 radical (unpaired) electrons. The first-order chi connectivity index (χ1) is 10.1. The summed E-state index contributed by atoms with van der Waals surface area (Å²) < 4.78 is 0. The van der Waals surface area contributed by atoms with E-state index < -0.39 is 29.9 Å². The van der Waals surface area contributed by atoms with E-state index in [0.29, 0.717) is 18.0 Å². The second-order valence-corrected chi connectivity index (χ2v) is 5.05. The molecule has 2 amide bonds. The molecule has 1 saturated heterocycles. The lowest BCUT2D eigenvalue weighted by atomic mass is 10.0. The highest BCUT2D eigenvalue weighted by Crippen LogP contribution is 2.23. The van der Waals surface area contributed by atoms with Crippen LogP contribution in [0.1, 0.15) is 33.6 Å². The highest BCUT2D eigenvalue weighted by molar-refractivity contribution is 6.20. The van der Waals surface area contributed by atoms with Crippen molar-refractivity contribution < 1.29 is 24.3 Å². The predicted octanol–water partition coefficient (Wildman–Crippen LogP) is -0.146. The van der Waals surface area contributed by atoms with E-state index in [-0.39, 0.29) is 17.5 Å². The molecule has 2 aliphatic heterocycles. The van der Waals surface area contributed by atoms with Crippen molar-refractivity contribution in [2.45, 2.75) is 25.0 Å². The van der Waals surface area contributed by atoms with Crippen LogP contribution in [0.5, 0.6) is 0 Å². The molecule has 0 aliphatic carbocycles. The second kappa shape index (κ2) is 5.27. The summed E-state index contributed by atoms with van der Waals surface area (Å²) in [6.45, 7) is 0.475. The lowest BCUT2D eigenvalue weighted by Crippen LogP contribution is -2.48. The zero-order chi connectivity index (χ0) is 15.0. The lowest BCUT2D eigenvalue weighted by Gasteiger charge is -2.26. The molecule has 2 atom stereocenters. The zero-order valence-corrected chi connectivity index (χ0v) is 11.1. The van der Waals surface area contributed by atoms with Crippen LogP contribution in [0, 0.1) is 0 Å². The van der Waals surface area contributed by atoms with Crippen molar-refractivity contribution in [1.82, 2.24) is 10.4 Å². The van der Waals surface area contributed by atoms with E-state index in [2.05, 4.69) is 5.32 Å². The first kappa shape index (κ1) is 13.7. The van der Waals surface area contributed by atoms with Gasteiger partial charge in [0.25, 0.3) is 11.8 Å². The summed E-state index contributed by atoms with van der Waals surface area (Å²) in [5, 5.41) is 12.9. The summed E-state index contributed by atoms with van der Waals surface area (Å²) in [4.78, 5) is 41.0. The van der Waals surface area contributed by atoms with Crippen LogP contribution in [-0.4, -0.2) is 46.6 Å². The molecule has 2 aliphatic rings. The van der Waals surface area contributed by atoms with Gasteiger partial charge in [0.05, 0.1) is 17.2 Å². The smallest absolute Gasteiger partial charge is 0.350 e.